The van der Waals surface area contributed by atoms with Gasteiger partial charge in [-0.15, -0.1) is 0 Å². The molecule has 0 radical (unpaired) electrons. The Morgan fingerprint density at radius 1 is 1.47 bits per heavy atom. The molecule has 1 rings (SSSR count). The van der Waals surface area contributed by atoms with Gasteiger partial charge in [-0.2, -0.15) is 5.26 Å². The lowest BCUT2D eigenvalue weighted by molar-refractivity contribution is 0.199. The average molecular weight is 297 g/mol. The number of aliphatic hydroxyl groups excluding tert-OH is 1. The van der Waals surface area contributed by atoms with Crippen LogP contribution in [0.25, 0.3) is 0 Å². The first-order chi connectivity index (χ1) is 7.97. The number of aliphatic hydroxyl groups is 1. The van der Waals surface area contributed by atoms with E-state index in [9.17, 15) is 5.11 Å². The molecule has 17 heavy (non-hydrogen) atoms. The van der Waals surface area contributed by atoms with Crippen LogP contribution < -0.4 is 4.90 Å². The van der Waals surface area contributed by atoms with E-state index in [0.717, 1.165) is 15.7 Å². The van der Waals surface area contributed by atoms with E-state index in [1.54, 1.807) is 6.92 Å². The zero-order valence-electron chi connectivity index (χ0n) is 10.3. The molecule has 0 aliphatic carbocycles. The first-order valence-electron chi connectivity index (χ1n) is 5.54. The van der Waals surface area contributed by atoms with Crippen LogP contribution in [-0.4, -0.2) is 18.2 Å². The Labute approximate surface area is 111 Å². The third-order valence-electron chi connectivity index (χ3n) is 2.87. The van der Waals surface area contributed by atoms with Crippen molar-refractivity contribution < 1.29 is 5.11 Å². The largest absolute Gasteiger partial charge is 0.389 e. The van der Waals surface area contributed by atoms with Crippen LogP contribution in [0.2, 0.25) is 0 Å². The highest BCUT2D eigenvalue weighted by Crippen LogP contribution is 2.30. The fourth-order valence-electron chi connectivity index (χ4n) is 1.68. The minimum absolute atomic E-state index is 0.117. The van der Waals surface area contributed by atoms with Gasteiger partial charge in [-0.1, -0.05) is 22.0 Å². The van der Waals surface area contributed by atoms with E-state index < -0.39 is 6.10 Å². The van der Waals surface area contributed by atoms with E-state index in [1.165, 1.54) is 0 Å². The zero-order valence-corrected chi connectivity index (χ0v) is 11.9. The number of anilines is 1. The maximum absolute atomic E-state index is 9.75. The minimum Gasteiger partial charge on any atom is -0.389 e. The molecule has 2 unspecified atom stereocenters. The smallest absolute Gasteiger partial charge is 0.0782 e. The SMILES string of the molecule is CC(O)c1ccc(Br)cc1N(C)C(C)CC#N. The predicted molar refractivity (Wildman–Crippen MR) is 72.9 cm³/mol. The lowest BCUT2D eigenvalue weighted by atomic mass is 10.1. The summed E-state index contributed by atoms with van der Waals surface area (Å²) in [5.74, 6) is 0. The van der Waals surface area contributed by atoms with Gasteiger partial charge in [0.15, 0.2) is 0 Å². The Bertz CT molecular complexity index is 426. The number of nitrogens with zero attached hydrogens (tertiary/aromatic N) is 2. The molecule has 0 amide bonds. The standard InChI is InChI=1S/C13H17BrN2O/c1-9(6-7-15)16(3)13-8-11(14)4-5-12(13)10(2)17/h4-5,8-10,17H,6H2,1-3H3. The second-order valence-corrected chi connectivity index (χ2v) is 5.12. The number of benzene rings is 1. The number of hydrogen-bond donors (Lipinski definition) is 1. The van der Waals surface area contributed by atoms with Gasteiger partial charge in [0.1, 0.15) is 0 Å². The van der Waals surface area contributed by atoms with Crippen molar-refractivity contribution in [1.29, 1.82) is 5.26 Å². The Morgan fingerprint density at radius 3 is 2.65 bits per heavy atom. The van der Waals surface area contributed by atoms with E-state index in [2.05, 4.69) is 22.0 Å². The van der Waals surface area contributed by atoms with Crippen LogP contribution in [0.3, 0.4) is 0 Å². The first-order valence-corrected chi connectivity index (χ1v) is 6.34. The highest BCUT2D eigenvalue weighted by molar-refractivity contribution is 9.10. The monoisotopic (exact) mass is 296 g/mol. The van der Waals surface area contributed by atoms with Crippen molar-refractivity contribution in [2.45, 2.75) is 32.4 Å². The fraction of sp³-hybridized carbons (Fsp3) is 0.462. The third kappa shape index (κ3) is 3.45. The van der Waals surface area contributed by atoms with Crippen LogP contribution >= 0.6 is 15.9 Å². The van der Waals surface area contributed by atoms with Gasteiger partial charge in [0.25, 0.3) is 0 Å². The van der Waals surface area contributed by atoms with E-state index in [1.807, 2.05) is 37.1 Å². The van der Waals surface area contributed by atoms with Crippen molar-refractivity contribution in [3.05, 3.63) is 28.2 Å². The van der Waals surface area contributed by atoms with E-state index >= 15 is 0 Å². The van der Waals surface area contributed by atoms with Crippen molar-refractivity contribution in [2.75, 3.05) is 11.9 Å². The van der Waals surface area contributed by atoms with Gasteiger partial charge in [-0.25, -0.2) is 0 Å². The number of rotatable bonds is 4. The van der Waals surface area contributed by atoms with Crippen LogP contribution in [0.4, 0.5) is 5.69 Å². The lowest BCUT2D eigenvalue weighted by Crippen LogP contribution is -2.29. The maximum Gasteiger partial charge on any atom is 0.0782 e. The molecule has 0 aliphatic heterocycles. The molecule has 0 aromatic heterocycles. The highest BCUT2D eigenvalue weighted by Gasteiger charge is 2.16. The molecule has 1 aromatic rings. The van der Waals surface area contributed by atoms with Gasteiger partial charge < -0.3 is 10.0 Å². The van der Waals surface area contributed by atoms with E-state index in [-0.39, 0.29) is 6.04 Å². The molecule has 0 saturated carbocycles. The summed E-state index contributed by atoms with van der Waals surface area (Å²) >= 11 is 3.43. The molecule has 1 N–H and O–H groups in total. The third-order valence-corrected chi connectivity index (χ3v) is 3.36. The summed E-state index contributed by atoms with van der Waals surface area (Å²) in [5, 5.41) is 18.5. The van der Waals surface area contributed by atoms with Crippen LogP contribution in [0, 0.1) is 11.3 Å². The van der Waals surface area contributed by atoms with Gasteiger partial charge >= 0.3 is 0 Å². The van der Waals surface area contributed by atoms with E-state index in [4.69, 9.17) is 5.26 Å². The fourth-order valence-corrected chi connectivity index (χ4v) is 2.03. The van der Waals surface area contributed by atoms with Gasteiger partial charge in [0.2, 0.25) is 0 Å². The summed E-state index contributed by atoms with van der Waals surface area (Å²) in [6.45, 7) is 3.74. The topological polar surface area (TPSA) is 47.3 Å². The summed E-state index contributed by atoms with van der Waals surface area (Å²) in [6.07, 6.45) is -0.0581. The van der Waals surface area contributed by atoms with Crippen molar-refractivity contribution in [2.24, 2.45) is 0 Å². The molecule has 0 aliphatic rings. The van der Waals surface area contributed by atoms with Crippen LogP contribution in [0.1, 0.15) is 31.9 Å². The van der Waals surface area contributed by atoms with Crippen LogP contribution in [-0.2, 0) is 0 Å². The Hall–Kier alpha value is -1.05. The van der Waals surface area contributed by atoms with Crippen molar-refractivity contribution >= 4 is 21.6 Å². The van der Waals surface area contributed by atoms with Crippen molar-refractivity contribution in [1.82, 2.24) is 0 Å². The summed E-state index contributed by atoms with van der Waals surface area (Å²) in [6, 6.07) is 8.06. The Balaban J connectivity index is 3.11. The summed E-state index contributed by atoms with van der Waals surface area (Å²) in [4.78, 5) is 2.02. The van der Waals surface area contributed by atoms with Crippen LogP contribution in [0.15, 0.2) is 22.7 Å². The molecular formula is C13H17BrN2O. The molecule has 0 saturated heterocycles. The maximum atomic E-state index is 9.75. The Kier molecular flexibility index (Phi) is 4.98. The molecule has 0 spiro atoms. The molecule has 3 nitrogen and oxygen atoms in total. The molecule has 0 heterocycles. The average Bonchev–Trinajstić information content (AvgIpc) is 2.27. The molecular weight excluding hydrogens is 280 g/mol. The highest BCUT2D eigenvalue weighted by atomic mass is 79.9. The number of halogens is 1. The molecule has 92 valence electrons. The quantitative estimate of drug-likeness (QED) is 0.928. The van der Waals surface area contributed by atoms with Gasteiger partial charge in [-0.05, 0) is 26.0 Å². The zero-order chi connectivity index (χ0) is 13.0. The summed E-state index contributed by atoms with van der Waals surface area (Å²) in [5.41, 5.74) is 1.83. The number of nitriles is 1. The van der Waals surface area contributed by atoms with Crippen molar-refractivity contribution in [3.8, 4) is 6.07 Å². The minimum atomic E-state index is -0.519. The molecule has 0 fully saturated rings. The molecule has 0 bridgehead atoms. The van der Waals surface area contributed by atoms with Crippen molar-refractivity contribution in [3.63, 3.8) is 0 Å². The predicted octanol–water partition coefficient (Wildman–Crippen LogP) is 3.24. The molecule has 1 aromatic carbocycles. The normalized spacial score (nSPS) is 13.9. The lowest BCUT2D eigenvalue weighted by Gasteiger charge is -2.28. The molecule has 2 atom stereocenters. The van der Waals surface area contributed by atoms with Crippen LogP contribution in [0.5, 0.6) is 0 Å². The van der Waals surface area contributed by atoms with Gasteiger partial charge in [0.05, 0.1) is 18.6 Å². The number of hydrogen-bond acceptors (Lipinski definition) is 3. The summed E-state index contributed by atoms with van der Waals surface area (Å²) < 4.78 is 0.966. The first kappa shape index (κ1) is 14.0. The molecule has 4 heteroatoms. The second kappa shape index (κ2) is 6.04. The van der Waals surface area contributed by atoms with E-state index in [0.29, 0.717) is 6.42 Å². The van der Waals surface area contributed by atoms with Gasteiger partial charge in [0, 0.05) is 28.8 Å². The second-order valence-electron chi connectivity index (χ2n) is 4.20. The summed E-state index contributed by atoms with van der Waals surface area (Å²) in [7, 11) is 1.94. The van der Waals surface area contributed by atoms with Gasteiger partial charge in [-0.3, -0.25) is 0 Å². The Morgan fingerprint density at radius 2 is 2.12 bits per heavy atom.